The molecule has 1 N–H and O–H groups in total. The van der Waals surface area contributed by atoms with Crippen LogP contribution in [0.1, 0.15) is 0 Å². The largest absolute Gasteiger partial charge is 0.353 e. The van der Waals surface area contributed by atoms with Gasteiger partial charge in [0.15, 0.2) is 5.82 Å². The van der Waals surface area contributed by atoms with Crippen molar-refractivity contribution >= 4 is 60.3 Å². The van der Waals surface area contributed by atoms with Gasteiger partial charge in [-0.25, -0.2) is 13.7 Å². The molecule has 0 amide bonds. The third-order valence-corrected chi connectivity index (χ3v) is 4.76. The zero-order chi connectivity index (χ0) is 15.4. The summed E-state index contributed by atoms with van der Waals surface area (Å²) in [6.45, 7) is 0. The smallest absolute Gasteiger partial charge is 0.254 e. The van der Waals surface area contributed by atoms with Crippen molar-refractivity contribution in [1.29, 1.82) is 0 Å². The van der Waals surface area contributed by atoms with E-state index in [-0.39, 0.29) is 16.6 Å². The predicted octanol–water partition coefficient (Wildman–Crippen LogP) is 3.88. The van der Waals surface area contributed by atoms with E-state index in [0.717, 1.165) is 9.04 Å². The van der Waals surface area contributed by atoms with E-state index < -0.39 is 11.5 Å². The molecule has 0 bridgehead atoms. The van der Waals surface area contributed by atoms with Crippen LogP contribution in [0.4, 0.5) is 4.39 Å². The molecule has 0 aliphatic rings. The molecule has 110 valence electrons. The fourth-order valence-electron chi connectivity index (χ4n) is 2.33. The van der Waals surface area contributed by atoms with Gasteiger partial charge in [0.05, 0.1) is 20.9 Å². The second-order valence-electron chi connectivity index (χ2n) is 4.54. The Bertz CT molecular complexity index is 1100. The van der Waals surface area contributed by atoms with E-state index in [4.69, 9.17) is 11.6 Å². The molecule has 2 aromatic heterocycles. The summed E-state index contributed by atoms with van der Waals surface area (Å²) in [5, 5.41) is 4.20. The maximum atomic E-state index is 14.7. The summed E-state index contributed by atoms with van der Waals surface area (Å²) in [5.41, 5.74) is 0.300. The fourth-order valence-corrected chi connectivity index (χ4v) is 3.72. The van der Waals surface area contributed by atoms with Gasteiger partial charge in [-0.2, -0.15) is 10.1 Å². The monoisotopic (exact) mass is 398 g/mol. The van der Waals surface area contributed by atoms with Crippen molar-refractivity contribution in [2.24, 2.45) is 0 Å². The lowest BCUT2D eigenvalue weighted by molar-refractivity contribution is 0.642. The van der Waals surface area contributed by atoms with E-state index in [1.54, 1.807) is 24.3 Å². The number of H-pyrrole nitrogens is 1. The number of hydrogen-bond donors (Lipinski definition) is 1. The van der Waals surface area contributed by atoms with Crippen molar-refractivity contribution in [3.63, 3.8) is 0 Å². The van der Waals surface area contributed by atoms with Crippen LogP contribution >= 0.6 is 39.1 Å². The van der Waals surface area contributed by atoms with Gasteiger partial charge in [0, 0.05) is 4.47 Å². The summed E-state index contributed by atoms with van der Waals surface area (Å²) in [6.07, 6.45) is 0. The normalized spacial score (nSPS) is 11.6. The molecule has 2 heterocycles. The quantitative estimate of drug-likeness (QED) is 0.528. The molecule has 2 aromatic carbocycles. The first-order chi connectivity index (χ1) is 10.6. The molecule has 0 aliphatic heterocycles. The molecule has 9 heteroatoms. The first kappa shape index (κ1) is 13.9. The number of nitrogens with one attached hydrogen (secondary N) is 1. The highest BCUT2D eigenvalue weighted by Gasteiger charge is 2.20. The lowest BCUT2D eigenvalue weighted by Crippen LogP contribution is -2.15. The molecule has 0 radical (unpaired) electrons. The van der Waals surface area contributed by atoms with Gasteiger partial charge in [-0.1, -0.05) is 27.5 Å². The van der Waals surface area contributed by atoms with Gasteiger partial charge in [0.1, 0.15) is 11.0 Å². The highest BCUT2D eigenvalue weighted by Crippen LogP contribution is 2.30. The van der Waals surface area contributed by atoms with E-state index in [0.29, 0.717) is 15.4 Å². The number of halogens is 3. The average molecular weight is 400 g/mol. The van der Waals surface area contributed by atoms with Gasteiger partial charge in [-0.05, 0) is 35.8 Å². The number of hydrogen-bond acceptors (Lipinski definition) is 4. The predicted molar refractivity (Wildman–Crippen MR) is 87.5 cm³/mol. The first-order valence-electron chi connectivity index (χ1n) is 6.06. The third kappa shape index (κ3) is 1.91. The van der Waals surface area contributed by atoms with Crippen LogP contribution < -0.4 is 5.69 Å². The Labute approximate surface area is 139 Å². The van der Waals surface area contributed by atoms with Crippen LogP contribution in [0, 0.1) is 5.82 Å². The van der Waals surface area contributed by atoms with E-state index in [9.17, 15) is 9.18 Å². The Morgan fingerprint density at radius 3 is 2.95 bits per heavy atom. The van der Waals surface area contributed by atoms with Crippen LogP contribution in [-0.2, 0) is 0 Å². The number of fused-ring (bicyclic) bond motifs is 2. The minimum Gasteiger partial charge on any atom is -0.254 e. The summed E-state index contributed by atoms with van der Waals surface area (Å²) in [7, 11) is 0. The fraction of sp³-hybridized carbons (Fsp3) is 0. The van der Waals surface area contributed by atoms with Crippen molar-refractivity contribution in [3.8, 4) is 5.69 Å². The number of nitrogens with zero attached hydrogens (tertiary/aromatic N) is 3. The van der Waals surface area contributed by atoms with Gasteiger partial charge >= 0.3 is 5.69 Å². The molecule has 0 fully saturated rings. The van der Waals surface area contributed by atoms with Gasteiger partial charge in [-0.3, -0.25) is 4.57 Å². The zero-order valence-corrected chi connectivity index (χ0v) is 13.8. The minimum absolute atomic E-state index is 0.0704. The molecule has 4 rings (SSSR count). The number of imidazole rings is 1. The Balaban J connectivity index is 2.17. The van der Waals surface area contributed by atoms with Crippen LogP contribution in [-0.4, -0.2) is 19.1 Å². The Kier molecular flexibility index (Phi) is 3.07. The zero-order valence-electron chi connectivity index (χ0n) is 10.6. The van der Waals surface area contributed by atoms with Gasteiger partial charge < -0.3 is 0 Å². The minimum atomic E-state index is -0.599. The van der Waals surface area contributed by atoms with Gasteiger partial charge in [-0.15, -0.1) is 0 Å². The number of aromatic amines is 1. The second kappa shape index (κ2) is 4.87. The van der Waals surface area contributed by atoms with Crippen molar-refractivity contribution in [3.05, 3.63) is 50.1 Å². The molecule has 0 saturated heterocycles. The van der Waals surface area contributed by atoms with E-state index in [2.05, 4.69) is 30.5 Å². The van der Waals surface area contributed by atoms with Crippen molar-refractivity contribution in [2.45, 2.75) is 0 Å². The summed E-state index contributed by atoms with van der Waals surface area (Å²) in [6, 6.07) is 6.62. The highest BCUT2D eigenvalue weighted by atomic mass is 79.9. The SMILES string of the molecule is O=c1nc2cc3s[nH]nc3c(F)c2n1-c1ccc(Br)cc1Cl. The van der Waals surface area contributed by atoms with E-state index >= 15 is 0 Å². The summed E-state index contributed by atoms with van der Waals surface area (Å²) in [5.74, 6) is -0.599. The number of benzene rings is 2. The van der Waals surface area contributed by atoms with E-state index in [1.165, 1.54) is 11.5 Å². The molecule has 0 saturated carbocycles. The molecule has 0 aliphatic carbocycles. The standard InChI is InChI=1S/C13H5BrClFN4OS/c14-5-1-2-8(6(15)3-5)20-12-7(17-13(20)21)4-9-11(10(12)16)18-19-22-9/h1-4,19H. The Hall–Kier alpha value is -1.77. The first-order valence-corrected chi connectivity index (χ1v) is 8.05. The van der Waals surface area contributed by atoms with Gasteiger partial charge in [0.2, 0.25) is 0 Å². The topological polar surface area (TPSA) is 63.6 Å². The van der Waals surface area contributed by atoms with Crippen LogP contribution in [0.2, 0.25) is 5.02 Å². The lowest BCUT2D eigenvalue weighted by atomic mass is 10.2. The maximum Gasteiger partial charge on any atom is 0.353 e. The van der Waals surface area contributed by atoms with Gasteiger partial charge in [0.25, 0.3) is 0 Å². The summed E-state index contributed by atoms with van der Waals surface area (Å²) in [4.78, 5) is 16.1. The molecule has 22 heavy (non-hydrogen) atoms. The number of aromatic nitrogens is 4. The van der Waals surface area contributed by atoms with Crippen LogP contribution in [0.3, 0.4) is 0 Å². The third-order valence-electron chi connectivity index (χ3n) is 3.25. The van der Waals surface area contributed by atoms with Crippen LogP contribution in [0.15, 0.2) is 33.5 Å². The number of rotatable bonds is 1. The Morgan fingerprint density at radius 1 is 1.36 bits per heavy atom. The summed E-state index contributed by atoms with van der Waals surface area (Å²) < 4.78 is 19.9. The molecule has 0 spiro atoms. The Morgan fingerprint density at radius 2 is 2.18 bits per heavy atom. The lowest BCUT2D eigenvalue weighted by Gasteiger charge is -2.06. The molecule has 0 unspecified atom stereocenters. The van der Waals surface area contributed by atoms with Crippen molar-refractivity contribution in [2.75, 3.05) is 0 Å². The highest BCUT2D eigenvalue weighted by molar-refractivity contribution is 9.10. The summed E-state index contributed by atoms with van der Waals surface area (Å²) >= 11 is 10.7. The average Bonchev–Trinajstić information content (AvgIpc) is 3.04. The van der Waals surface area contributed by atoms with Crippen LogP contribution in [0.25, 0.3) is 26.9 Å². The van der Waals surface area contributed by atoms with Crippen LogP contribution in [0.5, 0.6) is 0 Å². The van der Waals surface area contributed by atoms with Crippen molar-refractivity contribution < 1.29 is 4.39 Å². The van der Waals surface area contributed by atoms with E-state index in [1.807, 2.05) is 0 Å². The van der Waals surface area contributed by atoms with Crippen molar-refractivity contribution in [1.82, 2.24) is 19.1 Å². The molecular formula is C13H5BrClFN4OS. The second-order valence-corrected chi connectivity index (χ2v) is 6.69. The molecule has 0 atom stereocenters. The molecular weight excluding hydrogens is 395 g/mol. The maximum absolute atomic E-state index is 14.7. The molecule has 5 nitrogen and oxygen atoms in total. The molecule has 4 aromatic rings.